The Labute approximate surface area is 269 Å². The molecule has 2 heterocycles. The average molecular weight is 672 g/mol. The van der Waals surface area contributed by atoms with Gasteiger partial charge in [-0.2, -0.15) is 8.42 Å². The predicted molar refractivity (Wildman–Crippen MR) is 170 cm³/mol. The summed E-state index contributed by atoms with van der Waals surface area (Å²) < 4.78 is 37.9. The van der Waals surface area contributed by atoms with Crippen molar-refractivity contribution in [3.63, 3.8) is 0 Å². The number of hydrogen-bond acceptors (Lipinski definition) is 8. The van der Waals surface area contributed by atoms with E-state index in [1.807, 2.05) is 6.92 Å². The molecule has 1 aromatic carbocycles. The molecule has 2 aromatic heterocycles. The van der Waals surface area contributed by atoms with Crippen LogP contribution in [0.3, 0.4) is 0 Å². The summed E-state index contributed by atoms with van der Waals surface area (Å²) in [6.45, 7) is 3.20. The van der Waals surface area contributed by atoms with Crippen molar-refractivity contribution in [2.24, 2.45) is 10.5 Å². The number of nitrogens with one attached hydrogen (secondary N) is 3. The Morgan fingerprint density at radius 3 is 2.30 bits per heavy atom. The summed E-state index contributed by atoms with van der Waals surface area (Å²) in [6.07, 6.45) is 5.60. The van der Waals surface area contributed by atoms with Crippen molar-refractivity contribution >= 4 is 33.2 Å². The first-order chi connectivity index (χ1) is 22.4. The van der Waals surface area contributed by atoms with E-state index in [-0.39, 0.29) is 47.7 Å². The van der Waals surface area contributed by atoms with Crippen molar-refractivity contribution in [2.45, 2.75) is 88.1 Å². The lowest BCUT2D eigenvalue weighted by Gasteiger charge is -2.51. The zero-order valence-corrected chi connectivity index (χ0v) is 26.9. The smallest absolute Gasteiger partial charge is 0.332 e. The van der Waals surface area contributed by atoms with Crippen molar-refractivity contribution in [1.82, 2.24) is 29.7 Å². The predicted octanol–water partition coefficient (Wildman–Crippen LogP) is 3.18. The van der Waals surface area contributed by atoms with Crippen molar-refractivity contribution < 1.29 is 21.9 Å². The summed E-state index contributed by atoms with van der Waals surface area (Å²) in [6, 6.07) is 4.44. The van der Waals surface area contributed by atoms with E-state index < -0.39 is 37.7 Å². The number of imidazole rings is 1. The standard InChI is InChI=1S/C30H38FN9O6S/c1-2-18-40-25(42)22-23(39(28(40)44)19-4-16-33-24(41)20-5-7-21(8-6-20)47(31,45)46)37-26(36-22)29-9-12-30(13-10-29,14-11-29)27(43)34-15-3-17-35-38-32/h5-8H,2-4,9-19H2,1H3,(H,33,41)(H,34,43)(H,36,37). The first kappa shape index (κ1) is 33.9. The number of H-pyrrole nitrogens is 1. The molecule has 3 fully saturated rings. The van der Waals surface area contributed by atoms with E-state index in [0.717, 1.165) is 12.1 Å². The first-order valence-electron chi connectivity index (χ1n) is 15.8. The van der Waals surface area contributed by atoms with E-state index >= 15 is 0 Å². The number of fused-ring (bicyclic) bond motifs is 4. The number of rotatable bonds is 14. The van der Waals surface area contributed by atoms with Gasteiger partial charge in [0.2, 0.25) is 5.91 Å². The summed E-state index contributed by atoms with van der Waals surface area (Å²) >= 11 is 0. The molecule has 0 unspecified atom stereocenters. The van der Waals surface area contributed by atoms with Crippen LogP contribution in [-0.2, 0) is 33.5 Å². The Balaban J connectivity index is 1.30. The minimum Gasteiger partial charge on any atom is -0.356 e. The summed E-state index contributed by atoms with van der Waals surface area (Å²) in [7, 11) is -4.87. The molecule has 0 aliphatic heterocycles. The SMILES string of the molecule is CCCn1c(=O)c2[nH]c(C34CCC(C(=O)NCCCN=[N+]=[N-])(CC3)CC4)nc2n(CCCNC(=O)c2ccc(S(=O)(=O)F)cc2)c1=O. The molecule has 2 bridgehead atoms. The summed E-state index contributed by atoms with van der Waals surface area (Å²) in [5.41, 5.74) is 7.34. The van der Waals surface area contributed by atoms with E-state index in [1.165, 1.54) is 21.3 Å². The topological polar surface area (TPSA) is 214 Å². The molecule has 47 heavy (non-hydrogen) atoms. The monoisotopic (exact) mass is 671 g/mol. The Hall–Kier alpha value is -4.50. The Morgan fingerprint density at radius 2 is 1.68 bits per heavy atom. The van der Waals surface area contributed by atoms with Gasteiger partial charge in [-0.05, 0) is 87.6 Å². The molecular weight excluding hydrogens is 633 g/mol. The minimum atomic E-state index is -4.87. The van der Waals surface area contributed by atoms with Crippen LogP contribution < -0.4 is 21.9 Å². The molecule has 6 rings (SSSR count). The van der Waals surface area contributed by atoms with Gasteiger partial charge in [-0.25, -0.2) is 9.78 Å². The van der Waals surface area contributed by atoms with E-state index in [1.54, 1.807) is 0 Å². The normalized spacial score (nSPS) is 20.6. The molecule has 0 saturated heterocycles. The van der Waals surface area contributed by atoms with Gasteiger partial charge in [-0.1, -0.05) is 12.0 Å². The second-order valence-electron chi connectivity index (χ2n) is 12.4. The molecule has 0 radical (unpaired) electrons. The molecule has 2 amide bonds. The molecular formula is C30H38FN9O6S. The Morgan fingerprint density at radius 1 is 1.02 bits per heavy atom. The highest BCUT2D eigenvalue weighted by Gasteiger charge is 2.54. The van der Waals surface area contributed by atoms with Gasteiger partial charge in [0.15, 0.2) is 5.65 Å². The largest absolute Gasteiger partial charge is 0.356 e. The van der Waals surface area contributed by atoms with Gasteiger partial charge in [-0.3, -0.25) is 23.5 Å². The van der Waals surface area contributed by atoms with E-state index in [9.17, 15) is 31.5 Å². The quantitative estimate of drug-likeness (QED) is 0.0764. The third kappa shape index (κ3) is 6.81. The maximum atomic E-state index is 13.5. The van der Waals surface area contributed by atoms with Gasteiger partial charge in [0.1, 0.15) is 11.3 Å². The summed E-state index contributed by atoms with van der Waals surface area (Å²) in [4.78, 5) is 62.9. The van der Waals surface area contributed by atoms with Gasteiger partial charge in [0.25, 0.3) is 11.5 Å². The van der Waals surface area contributed by atoms with Crippen LogP contribution >= 0.6 is 0 Å². The zero-order chi connectivity index (χ0) is 33.8. The highest BCUT2D eigenvalue weighted by Crippen LogP contribution is 2.57. The maximum absolute atomic E-state index is 13.5. The lowest BCUT2D eigenvalue weighted by atomic mass is 9.53. The van der Waals surface area contributed by atoms with Crippen LogP contribution in [0, 0.1) is 5.41 Å². The van der Waals surface area contributed by atoms with Crippen LogP contribution in [0.1, 0.15) is 80.9 Å². The van der Waals surface area contributed by atoms with Crippen LogP contribution in [-0.4, -0.2) is 59.0 Å². The van der Waals surface area contributed by atoms with Gasteiger partial charge in [0, 0.05) is 54.0 Å². The van der Waals surface area contributed by atoms with Crippen molar-refractivity contribution in [2.75, 3.05) is 19.6 Å². The molecule has 3 saturated carbocycles. The number of aromatic nitrogens is 4. The lowest BCUT2D eigenvalue weighted by molar-refractivity contribution is -0.138. The minimum absolute atomic E-state index is 0.0180. The van der Waals surface area contributed by atoms with Crippen molar-refractivity contribution in [3.8, 4) is 0 Å². The number of nitrogens with zero attached hydrogens (tertiary/aromatic N) is 6. The second-order valence-corrected chi connectivity index (χ2v) is 13.7. The van der Waals surface area contributed by atoms with Crippen molar-refractivity contribution in [1.29, 1.82) is 0 Å². The number of carbonyl (C=O) groups excluding carboxylic acids is 2. The van der Waals surface area contributed by atoms with E-state index in [4.69, 9.17) is 10.5 Å². The van der Waals surface area contributed by atoms with Crippen molar-refractivity contribution in [3.05, 3.63) is 66.9 Å². The van der Waals surface area contributed by atoms with Gasteiger partial charge in [-0.15, -0.1) is 3.89 Å². The fourth-order valence-corrected chi connectivity index (χ4v) is 7.28. The molecule has 3 aromatic rings. The van der Waals surface area contributed by atoms with Gasteiger partial charge in [0.05, 0.1) is 4.90 Å². The third-order valence-electron chi connectivity index (χ3n) is 9.56. The third-order valence-corrected chi connectivity index (χ3v) is 10.4. The maximum Gasteiger partial charge on any atom is 0.332 e. The fourth-order valence-electron chi connectivity index (χ4n) is 6.82. The Bertz CT molecular complexity index is 1920. The zero-order valence-electron chi connectivity index (χ0n) is 26.1. The molecule has 3 aliphatic carbocycles. The molecule has 17 heteroatoms. The molecule has 3 aliphatic rings. The molecule has 3 N–H and O–H groups in total. The van der Waals surface area contributed by atoms with Crippen LogP contribution in [0.5, 0.6) is 0 Å². The highest BCUT2D eigenvalue weighted by atomic mass is 32.3. The first-order valence-corrected chi connectivity index (χ1v) is 17.2. The second kappa shape index (κ2) is 13.7. The van der Waals surface area contributed by atoms with Gasteiger partial charge >= 0.3 is 15.9 Å². The van der Waals surface area contributed by atoms with Crippen LogP contribution in [0.25, 0.3) is 21.6 Å². The van der Waals surface area contributed by atoms with Crippen LogP contribution in [0.4, 0.5) is 3.89 Å². The summed E-state index contributed by atoms with van der Waals surface area (Å²) in [5, 5.41) is 9.21. The number of halogens is 1. The van der Waals surface area contributed by atoms with E-state index in [2.05, 4.69) is 25.6 Å². The molecule has 0 spiro atoms. The average Bonchev–Trinajstić information content (AvgIpc) is 3.53. The number of aromatic amines is 1. The van der Waals surface area contributed by atoms with E-state index in [0.29, 0.717) is 76.7 Å². The van der Waals surface area contributed by atoms with Crippen LogP contribution in [0.2, 0.25) is 0 Å². The number of azide groups is 1. The molecule has 15 nitrogen and oxygen atoms in total. The molecule has 0 atom stereocenters. The highest BCUT2D eigenvalue weighted by molar-refractivity contribution is 7.86. The number of benzene rings is 1. The number of carbonyl (C=O) groups is 2. The van der Waals surface area contributed by atoms with Gasteiger partial charge < -0.3 is 15.6 Å². The fraction of sp³-hybridized carbons (Fsp3) is 0.567. The van der Waals surface area contributed by atoms with Crippen LogP contribution in [0.15, 0.2) is 43.9 Å². The Kier molecular flexibility index (Phi) is 9.86. The summed E-state index contributed by atoms with van der Waals surface area (Å²) in [5.74, 6) is 0.168. The number of hydrogen-bond donors (Lipinski definition) is 3. The number of aryl methyl sites for hydroxylation is 1. The number of amides is 2. The lowest BCUT2D eigenvalue weighted by Crippen LogP contribution is -2.52. The molecule has 252 valence electrons.